The lowest BCUT2D eigenvalue weighted by Gasteiger charge is -2.13. The number of hydrazone groups is 1. The predicted octanol–water partition coefficient (Wildman–Crippen LogP) is 3.08. The molecule has 27 heavy (non-hydrogen) atoms. The first-order valence-corrected chi connectivity index (χ1v) is 9.01. The first kappa shape index (κ1) is 20.5. The molecule has 0 saturated heterocycles. The van der Waals surface area contributed by atoms with Gasteiger partial charge in [-0.2, -0.15) is 5.10 Å². The molecule has 0 spiro atoms. The van der Waals surface area contributed by atoms with E-state index in [1.165, 1.54) is 16.8 Å². The molecule has 0 bridgehead atoms. The summed E-state index contributed by atoms with van der Waals surface area (Å²) in [6, 6.07) is 6.46. The zero-order valence-electron chi connectivity index (χ0n) is 15.5. The maximum atomic E-state index is 12.2. The molecule has 1 aromatic heterocycles. The van der Waals surface area contributed by atoms with E-state index in [9.17, 15) is 9.59 Å². The molecule has 0 atom stereocenters. The van der Waals surface area contributed by atoms with Gasteiger partial charge in [-0.05, 0) is 50.6 Å². The minimum atomic E-state index is -0.582. The van der Waals surface area contributed by atoms with E-state index in [0.717, 1.165) is 0 Å². The number of benzene rings is 1. The topological polar surface area (TPSA) is 81.9 Å². The van der Waals surface area contributed by atoms with Crippen LogP contribution in [0.4, 0.5) is 0 Å². The van der Waals surface area contributed by atoms with Crippen LogP contribution in [-0.4, -0.2) is 29.9 Å². The van der Waals surface area contributed by atoms with Crippen molar-refractivity contribution in [3.63, 3.8) is 0 Å². The van der Waals surface area contributed by atoms with Gasteiger partial charge in [-0.25, -0.2) is 5.43 Å². The van der Waals surface area contributed by atoms with E-state index in [1.807, 2.05) is 20.8 Å². The number of rotatable bonds is 8. The molecule has 1 amide bonds. The second kappa shape index (κ2) is 9.78. The number of halogens is 1. The summed E-state index contributed by atoms with van der Waals surface area (Å²) < 4.78 is 12.5. The second-order valence-electron chi connectivity index (χ2n) is 5.41. The molecular weight excluding hydrogens is 370 g/mol. The standard InChI is InChI=1S/C19H22ClN3O4/c1-4-23-9-7-8-14(19(23)25)18(24)22-21-12-13-10-15(20)17(27-6-3)16(11-13)26-5-2/h7-12H,4-6H2,1-3H3,(H,22,24)/b21-12-. The zero-order chi connectivity index (χ0) is 19.8. The number of nitrogens with one attached hydrogen (secondary N) is 1. The number of ether oxygens (including phenoxy) is 2. The van der Waals surface area contributed by atoms with Gasteiger partial charge in [-0.3, -0.25) is 9.59 Å². The summed E-state index contributed by atoms with van der Waals surface area (Å²) in [4.78, 5) is 24.3. The highest BCUT2D eigenvalue weighted by atomic mass is 35.5. The molecule has 0 aliphatic carbocycles. The van der Waals surface area contributed by atoms with Gasteiger partial charge in [-0.1, -0.05) is 11.6 Å². The van der Waals surface area contributed by atoms with E-state index in [0.29, 0.717) is 41.8 Å². The molecule has 0 fully saturated rings. The van der Waals surface area contributed by atoms with Crippen molar-refractivity contribution in [3.05, 3.63) is 57.0 Å². The molecule has 1 aromatic carbocycles. The molecule has 2 aromatic rings. The second-order valence-corrected chi connectivity index (χ2v) is 5.82. The fourth-order valence-electron chi connectivity index (χ4n) is 2.39. The predicted molar refractivity (Wildman–Crippen MR) is 105 cm³/mol. The Hall–Kier alpha value is -2.80. The smallest absolute Gasteiger partial charge is 0.276 e. The number of carbonyl (C=O) groups excluding carboxylic acids is 1. The maximum Gasteiger partial charge on any atom is 0.276 e. The van der Waals surface area contributed by atoms with E-state index >= 15 is 0 Å². The van der Waals surface area contributed by atoms with Crippen molar-refractivity contribution in [3.8, 4) is 11.5 Å². The third-order valence-electron chi connectivity index (χ3n) is 3.61. The molecule has 7 nitrogen and oxygen atoms in total. The van der Waals surface area contributed by atoms with Gasteiger partial charge in [-0.15, -0.1) is 0 Å². The summed E-state index contributed by atoms with van der Waals surface area (Å²) in [5.41, 5.74) is 2.63. The molecule has 2 rings (SSSR count). The number of hydrogen-bond donors (Lipinski definition) is 1. The number of aryl methyl sites for hydroxylation is 1. The summed E-state index contributed by atoms with van der Waals surface area (Å²) in [5, 5.41) is 4.28. The minimum absolute atomic E-state index is 0.0243. The lowest BCUT2D eigenvalue weighted by molar-refractivity contribution is 0.0953. The number of pyridine rings is 1. The van der Waals surface area contributed by atoms with Gasteiger partial charge in [0, 0.05) is 12.7 Å². The molecule has 0 radical (unpaired) electrons. The number of nitrogens with zero attached hydrogens (tertiary/aromatic N) is 2. The quantitative estimate of drug-likeness (QED) is 0.553. The summed E-state index contributed by atoms with van der Waals surface area (Å²) in [7, 11) is 0. The normalized spacial score (nSPS) is 10.8. The Balaban J connectivity index is 2.18. The molecular formula is C19H22ClN3O4. The van der Waals surface area contributed by atoms with Crippen LogP contribution in [0.2, 0.25) is 5.02 Å². The van der Waals surface area contributed by atoms with Crippen molar-refractivity contribution in [2.75, 3.05) is 13.2 Å². The maximum absolute atomic E-state index is 12.2. The van der Waals surface area contributed by atoms with Gasteiger partial charge < -0.3 is 14.0 Å². The monoisotopic (exact) mass is 391 g/mol. The summed E-state index contributed by atoms with van der Waals surface area (Å²) in [5.74, 6) is 0.376. The number of carbonyl (C=O) groups is 1. The van der Waals surface area contributed by atoms with Crippen molar-refractivity contribution in [2.24, 2.45) is 5.10 Å². The van der Waals surface area contributed by atoms with Crippen LogP contribution < -0.4 is 20.5 Å². The number of aromatic nitrogens is 1. The zero-order valence-corrected chi connectivity index (χ0v) is 16.2. The third-order valence-corrected chi connectivity index (χ3v) is 3.89. The lowest BCUT2D eigenvalue weighted by Crippen LogP contribution is -2.30. The fourth-order valence-corrected chi connectivity index (χ4v) is 2.67. The number of amides is 1. The third kappa shape index (κ3) is 5.10. The van der Waals surface area contributed by atoms with Crippen molar-refractivity contribution < 1.29 is 14.3 Å². The Morgan fingerprint density at radius 2 is 2.00 bits per heavy atom. The minimum Gasteiger partial charge on any atom is -0.490 e. The van der Waals surface area contributed by atoms with E-state index in [-0.39, 0.29) is 11.1 Å². The lowest BCUT2D eigenvalue weighted by atomic mass is 10.2. The molecule has 8 heteroatoms. The Morgan fingerprint density at radius 1 is 1.26 bits per heavy atom. The molecule has 0 unspecified atom stereocenters. The van der Waals surface area contributed by atoms with Crippen molar-refractivity contribution >= 4 is 23.7 Å². The van der Waals surface area contributed by atoms with E-state index in [4.69, 9.17) is 21.1 Å². The van der Waals surface area contributed by atoms with Crippen LogP contribution >= 0.6 is 11.6 Å². The molecule has 0 saturated carbocycles. The highest BCUT2D eigenvalue weighted by molar-refractivity contribution is 6.32. The molecule has 1 heterocycles. The van der Waals surface area contributed by atoms with Gasteiger partial charge in [0.2, 0.25) is 0 Å². The van der Waals surface area contributed by atoms with Crippen LogP contribution in [-0.2, 0) is 6.54 Å². The van der Waals surface area contributed by atoms with Crippen molar-refractivity contribution in [2.45, 2.75) is 27.3 Å². The van der Waals surface area contributed by atoms with Gasteiger partial charge >= 0.3 is 0 Å². The van der Waals surface area contributed by atoms with Crippen LogP contribution in [0.5, 0.6) is 11.5 Å². The Labute approximate surface area is 162 Å². The van der Waals surface area contributed by atoms with Crippen molar-refractivity contribution in [1.29, 1.82) is 0 Å². The van der Waals surface area contributed by atoms with Crippen LogP contribution in [0.25, 0.3) is 0 Å². The van der Waals surface area contributed by atoms with Gasteiger partial charge in [0.25, 0.3) is 11.5 Å². The van der Waals surface area contributed by atoms with E-state index in [1.54, 1.807) is 24.4 Å². The van der Waals surface area contributed by atoms with E-state index in [2.05, 4.69) is 10.5 Å². The Bertz CT molecular complexity index is 893. The molecule has 144 valence electrons. The summed E-state index contributed by atoms with van der Waals surface area (Å²) >= 11 is 6.24. The Morgan fingerprint density at radius 3 is 2.67 bits per heavy atom. The fraction of sp³-hybridized carbons (Fsp3) is 0.316. The first-order valence-electron chi connectivity index (χ1n) is 8.63. The highest BCUT2D eigenvalue weighted by Gasteiger charge is 2.13. The van der Waals surface area contributed by atoms with Crippen molar-refractivity contribution in [1.82, 2.24) is 9.99 Å². The van der Waals surface area contributed by atoms with Crippen LogP contribution in [0.3, 0.4) is 0 Å². The van der Waals surface area contributed by atoms with Crippen LogP contribution in [0, 0.1) is 0 Å². The molecule has 1 N–H and O–H groups in total. The molecule has 0 aliphatic heterocycles. The first-order chi connectivity index (χ1) is 13.0. The number of hydrogen-bond acceptors (Lipinski definition) is 5. The highest BCUT2D eigenvalue weighted by Crippen LogP contribution is 2.36. The Kier molecular flexibility index (Phi) is 7.43. The van der Waals surface area contributed by atoms with Gasteiger partial charge in [0.1, 0.15) is 5.56 Å². The summed E-state index contributed by atoms with van der Waals surface area (Å²) in [6.07, 6.45) is 3.04. The SMILES string of the molecule is CCOc1cc(/C=N\NC(=O)c2cccn(CC)c2=O)cc(Cl)c1OCC. The average Bonchev–Trinajstić information content (AvgIpc) is 2.65. The van der Waals surface area contributed by atoms with Crippen LogP contribution in [0.15, 0.2) is 40.4 Å². The molecule has 0 aliphatic rings. The average molecular weight is 392 g/mol. The van der Waals surface area contributed by atoms with Gasteiger partial charge in [0.05, 0.1) is 24.5 Å². The van der Waals surface area contributed by atoms with Gasteiger partial charge in [0.15, 0.2) is 11.5 Å². The largest absolute Gasteiger partial charge is 0.490 e. The van der Waals surface area contributed by atoms with Crippen LogP contribution in [0.1, 0.15) is 36.7 Å². The summed E-state index contributed by atoms with van der Waals surface area (Å²) in [6.45, 7) is 6.92. The van der Waals surface area contributed by atoms with E-state index < -0.39 is 5.91 Å².